The van der Waals surface area contributed by atoms with Gasteiger partial charge in [-0.1, -0.05) is 0 Å². The van der Waals surface area contributed by atoms with E-state index in [9.17, 15) is 17.6 Å². The van der Waals surface area contributed by atoms with Gasteiger partial charge in [-0.3, -0.25) is 4.79 Å². The summed E-state index contributed by atoms with van der Waals surface area (Å²) in [6, 6.07) is 5.31. The predicted molar refractivity (Wildman–Crippen MR) is 135 cm³/mol. The van der Waals surface area contributed by atoms with E-state index in [1.54, 1.807) is 18.3 Å². The number of hydrogen-bond donors (Lipinski definition) is 1. The van der Waals surface area contributed by atoms with Gasteiger partial charge in [0.05, 0.1) is 36.5 Å². The maximum Gasteiger partial charge on any atom is 0.303 e. The van der Waals surface area contributed by atoms with Crippen LogP contribution >= 0.6 is 0 Å². The number of pyridine rings is 1. The van der Waals surface area contributed by atoms with E-state index in [-0.39, 0.29) is 23.5 Å². The van der Waals surface area contributed by atoms with Gasteiger partial charge in [-0.25, -0.2) is 18.0 Å². The molecule has 1 amide bonds. The number of amides is 1. The minimum absolute atomic E-state index is 0.0505. The molecule has 0 radical (unpaired) electrons. The molecular formula is C25H29F2N5O5S. The number of nitrogens with zero attached hydrogens (tertiary/aromatic N) is 4. The average Bonchev–Trinajstić information content (AvgIpc) is 3.53. The molecule has 3 aromatic rings. The Morgan fingerprint density at radius 3 is 2.68 bits per heavy atom. The number of benzene rings is 1. The molecule has 1 aromatic carbocycles. The summed E-state index contributed by atoms with van der Waals surface area (Å²) < 4.78 is 69.6. The van der Waals surface area contributed by atoms with Gasteiger partial charge in [-0.15, -0.1) is 0 Å². The Balaban J connectivity index is 1.48. The smallest absolute Gasteiger partial charge is 0.303 e. The molecule has 0 bridgehead atoms. The third-order valence-electron chi connectivity index (χ3n) is 6.89. The molecule has 2 aromatic heterocycles. The maximum absolute atomic E-state index is 15.0. The molecule has 4 heterocycles. The van der Waals surface area contributed by atoms with E-state index < -0.39 is 27.8 Å². The van der Waals surface area contributed by atoms with Crippen LogP contribution in [0.2, 0.25) is 0 Å². The fraction of sp³-hybridized carbons (Fsp3) is 0.440. The highest BCUT2D eigenvalue weighted by Gasteiger charge is 2.32. The van der Waals surface area contributed by atoms with Crippen molar-refractivity contribution >= 4 is 27.3 Å². The second-order valence-electron chi connectivity index (χ2n) is 9.58. The van der Waals surface area contributed by atoms with Gasteiger partial charge in [0.15, 0.2) is 11.6 Å². The van der Waals surface area contributed by atoms with Crippen molar-refractivity contribution in [1.82, 2.24) is 18.6 Å². The molecule has 0 saturated carbocycles. The van der Waals surface area contributed by atoms with Crippen molar-refractivity contribution in [3.8, 4) is 5.75 Å². The zero-order chi connectivity index (χ0) is 27.0. The SMILES string of the molecule is CN(C)S(=O)(=O)NC(=O)c1cnn2ccc(N3CCCC3c3cc(F)cc(F)c3OC3CCOCC3)cc12. The van der Waals surface area contributed by atoms with E-state index in [0.29, 0.717) is 55.8 Å². The van der Waals surface area contributed by atoms with Gasteiger partial charge in [0.2, 0.25) is 0 Å². The first-order chi connectivity index (χ1) is 18.1. The summed E-state index contributed by atoms with van der Waals surface area (Å²) in [5.74, 6) is -2.20. The highest BCUT2D eigenvalue weighted by Crippen LogP contribution is 2.42. The van der Waals surface area contributed by atoms with Gasteiger partial charge in [0.25, 0.3) is 5.91 Å². The fourth-order valence-electron chi connectivity index (χ4n) is 4.90. The predicted octanol–water partition coefficient (Wildman–Crippen LogP) is 3.05. The third kappa shape index (κ3) is 5.18. The summed E-state index contributed by atoms with van der Waals surface area (Å²) in [7, 11) is -1.37. The third-order valence-corrected chi connectivity index (χ3v) is 8.29. The number of hydrogen-bond acceptors (Lipinski definition) is 7. The Kier molecular flexibility index (Phi) is 7.25. The van der Waals surface area contributed by atoms with E-state index in [4.69, 9.17) is 9.47 Å². The number of ether oxygens (including phenoxy) is 2. The lowest BCUT2D eigenvalue weighted by Gasteiger charge is -2.30. The molecule has 0 spiro atoms. The summed E-state index contributed by atoms with van der Waals surface area (Å²) in [4.78, 5) is 14.8. The van der Waals surface area contributed by atoms with Gasteiger partial charge in [-0.2, -0.15) is 17.8 Å². The number of carbonyl (C=O) groups is 1. The monoisotopic (exact) mass is 549 g/mol. The van der Waals surface area contributed by atoms with Crippen molar-refractivity contribution < 1.29 is 31.5 Å². The molecule has 10 nitrogen and oxygen atoms in total. The van der Waals surface area contributed by atoms with E-state index in [0.717, 1.165) is 16.8 Å². The van der Waals surface area contributed by atoms with Crippen LogP contribution in [0.5, 0.6) is 5.75 Å². The van der Waals surface area contributed by atoms with Crippen LogP contribution in [-0.4, -0.2) is 68.2 Å². The standard InChI is InChI=1S/C25H29F2N5O5S/c1-30(2)38(34,35)29-25(33)20-15-28-32-9-5-17(14-23(20)32)31-8-3-4-22(31)19-12-16(26)13-21(27)24(19)37-18-6-10-36-11-7-18/h5,9,12-15,18,22H,3-4,6-8,10-11H2,1-2H3,(H,29,33). The summed E-state index contributed by atoms with van der Waals surface area (Å²) in [6.45, 7) is 1.66. The van der Waals surface area contributed by atoms with Crippen LogP contribution in [-0.2, 0) is 14.9 Å². The normalized spacial score (nSPS) is 18.9. The van der Waals surface area contributed by atoms with Crippen LogP contribution in [0.3, 0.4) is 0 Å². The van der Waals surface area contributed by atoms with Gasteiger partial charge < -0.3 is 14.4 Å². The molecular weight excluding hydrogens is 520 g/mol. The quantitative estimate of drug-likeness (QED) is 0.483. The number of fused-ring (bicyclic) bond motifs is 1. The van der Waals surface area contributed by atoms with Crippen molar-refractivity contribution in [1.29, 1.82) is 0 Å². The first kappa shape index (κ1) is 26.3. The van der Waals surface area contributed by atoms with Crippen molar-refractivity contribution in [3.63, 3.8) is 0 Å². The van der Waals surface area contributed by atoms with E-state index in [1.807, 2.05) is 9.62 Å². The van der Waals surface area contributed by atoms with Crippen molar-refractivity contribution in [2.45, 2.75) is 37.8 Å². The van der Waals surface area contributed by atoms with Crippen LogP contribution in [0.25, 0.3) is 5.52 Å². The molecule has 5 rings (SSSR count). The van der Waals surface area contributed by atoms with E-state index in [1.165, 1.54) is 30.9 Å². The van der Waals surface area contributed by atoms with Gasteiger partial charge in [-0.05, 0) is 31.0 Å². The second-order valence-corrected chi connectivity index (χ2v) is 11.5. The first-order valence-electron chi connectivity index (χ1n) is 12.4. The molecule has 0 aliphatic carbocycles. The number of rotatable bonds is 7. The lowest BCUT2D eigenvalue weighted by Crippen LogP contribution is -2.39. The van der Waals surface area contributed by atoms with Crippen LogP contribution in [0.4, 0.5) is 14.5 Å². The van der Waals surface area contributed by atoms with Gasteiger partial charge in [0.1, 0.15) is 11.9 Å². The van der Waals surface area contributed by atoms with Crippen LogP contribution < -0.4 is 14.4 Å². The summed E-state index contributed by atoms with van der Waals surface area (Å²) in [5.41, 5.74) is 1.60. The Labute approximate surface area is 219 Å². The largest absolute Gasteiger partial charge is 0.487 e. The molecule has 1 N–H and O–H groups in total. The topological polar surface area (TPSA) is 105 Å². The van der Waals surface area contributed by atoms with Crippen LogP contribution in [0.1, 0.15) is 47.6 Å². The Morgan fingerprint density at radius 2 is 1.95 bits per heavy atom. The maximum atomic E-state index is 15.0. The minimum Gasteiger partial charge on any atom is -0.487 e. The molecule has 2 aliphatic rings. The lowest BCUT2D eigenvalue weighted by atomic mass is 10.0. The molecule has 2 aliphatic heterocycles. The number of anilines is 1. The molecule has 2 fully saturated rings. The van der Waals surface area contributed by atoms with Crippen molar-refractivity contribution in [3.05, 3.63) is 59.4 Å². The van der Waals surface area contributed by atoms with Gasteiger partial charge >= 0.3 is 10.2 Å². The molecule has 1 atom stereocenters. The van der Waals surface area contributed by atoms with Crippen LogP contribution in [0, 0.1) is 11.6 Å². The molecule has 38 heavy (non-hydrogen) atoms. The first-order valence-corrected chi connectivity index (χ1v) is 13.8. The summed E-state index contributed by atoms with van der Waals surface area (Å²) in [6.07, 6.45) is 5.39. The fourth-order valence-corrected chi connectivity index (χ4v) is 5.43. The molecule has 204 valence electrons. The average molecular weight is 550 g/mol. The highest BCUT2D eigenvalue weighted by atomic mass is 32.2. The van der Waals surface area contributed by atoms with E-state index in [2.05, 4.69) is 5.10 Å². The molecule has 1 unspecified atom stereocenters. The zero-order valence-corrected chi connectivity index (χ0v) is 21.9. The Bertz CT molecular complexity index is 1460. The number of carbonyl (C=O) groups excluding carboxylic acids is 1. The number of nitrogens with one attached hydrogen (secondary N) is 1. The Morgan fingerprint density at radius 1 is 1.18 bits per heavy atom. The molecule has 2 saturated heterocycles. The summed E-state index contributed by atoms with van der Waals surface area (Å²) >= 11 is 0. The molecule has 13 heteroatoms. The number of aromatic nitrogens is 2. The Hall–Kier alpha value is -3.29. The highest BCUT2D eigenvalue weighted by molar-refractivity contribution is 7.87. The minimum atomic E-state index is -3.99. The van der Waals surface area contributed by atoms with Gasteiger partial charge in [0, 0.05) is 57.0 Å². The lowest BCUT2D eigenvalue weighted by molar-refractivity contribution is 0.0234. The van der Waals surface area contributed by atoms with Crippen LogP contribution in [0.15, 0.2) is 36.7 Å². The zero-order valence-electron chi connectivity index (χ0n) is 21.1. The van der Waals surface area contributed by atoms with E-state index >= 15 is 4.39 Å². The number of halogens is 2. The van der Waals surface area contributed by atoms with Crippen molar-refractivity contribution in [2.24, 2.45) is 0 Å². The second kappa shape index (κ2) is 10.5. The summed E-state index contributed by atoms with van der Waals surface area (Å²) in [5, 5.41) is 4.16. The van der Waals surface area contributed by atoms with Crippen molar-refractivity contribution in [2.75, 3.05) is 38.8 Å².